The van der Waals surface area contributed by atoms with E-state index in [0.29, 0.717) is 0 Å². The molecule has 0 aliphatic carbocycles. The lowest BCUT2D eigenvalue weighted by molar-refractivity contribution is 0.896. The Bertz CT molecular complexity index is 341. The van der Waals surface area contributed by atoms with Crippen LogP contribution in [-0.2, 0) is 6.42 Å². The van der Waals surface area contributed by atoms with E-state index in [9.17, 15) is 0 Å². The summed E-state index contributed by atoms with van der Waals surface area (Å²) in [7, 11) is 0. The predicted octanol–water partition coefficient (Wildman–Crippen LogP) is 5.17. The number of benzene rings is 1. The van der Waals surface area contributed by atoms with E-state index in [1.54, 1.807) is 0 Å². The van der Waals surface area contributed by atoms with Crippen molar-refractivity contribution in [3.05, 3.63) is 36.0 Å². The third kappa shape index (κ3) is 4.09. The molecule has 0 amide bonds. The van der Waals surface area contributed by atoms with Crippen LogP contribution in [0, 0.1) is 0 Å². The molecule has 0 aliphatic rings. The van der Waals surface area contributed by atoms with Gasteiger partial charge in [0.2, 0.25) is 0 Å². The lowest BCUT2D eigenvalue weighted by Gasteiger charge is -1.88. The van der Waals surface area contributed by atoms with E-state index in [2.05, 4.69) is 42.2 Å². The quantitative estimate of drug-likeness (QED) is 0.717. The number of nitrogens with one attached hydrogen (secondary N) is 1. The van der Waals surface area contributed by atoms with Crippen molar-refractivity contribution in [1.82, 2.24) is 4.98 Å². The van der Waals surface area contributed by atoms with E-state index in [4.69, 9.17) is 0 Å². The lowest BCUT2D eigenvalue weighted by atomic mass is 10.2. The molecule has 0 atom stereocenters. The Labute approximate surface area is 99.9 Å². The Kier molecular flexibility index (Phi) is 8.32. The number of H-pyrrole nitrogens is 1. The molecule has 1 heterocycles. The van der Waals surface area contributed by atoms with Crippen LogP contribution in [0.5, 0.6) is 0 Å². The first kappa shape index (κ1) is 14.8. The molecule has 2 rings (SSSR count). The van der Waals surface area contributed by atoms with E-state index in [1.807, 2.05) is 27.7 Å². The van der Waals surface area contributed by atoms with E-state index in [-0.39, 0.29) is 0 Å². The summed E-state index contributed by atoms with van der Waals surface area (Å²) < 4.78 is 0. The molecule has 1 aromatic heterocycles. The fraction of sp³-hybridized carbons (Fsp3) is 0.467. The predicted molar refractivity (Wildman–Crippen MR) is 75.0 cm³/mol. The van der Waals surface area contributed by atoms with Gasteiger partial charge in [-0.25, -0.2) is 0 Å². The minimum absolute atomic E-state index is 1.15. The summed E-state index contributed by atoms with van der Waals surface area (Å²) in [5, 5.41) is 1.32. The largest absolute Gasteiger partial charge is 0.358 e. The average molecular weight is 219 g/mol. The van der Waals surface area contributed by atoms with Gasteiger partial charge in [0.25, 0.3) is 0 Å². The summed E-state index contributed by atoms with van der Waals surface area (Å²) in [6.07, 6.45) is 2.35. The van der Waals surface area contributed by atoms with Crippen LogP contribution in [0.4, 0.5) is 0 Å². The van der Waals surface area contributed by atoms with Crippen LogP contribution >= 0.6 is 0 Å². The maximum absolute atomic E-state index is 3.40. The molecule has 0 radical (unpaired) electrons. The van der Waals surface area contributed by atoms with Crippen molar-refractivity contribution < 1.29 is 0 Å². The van der Waals surface area contributed by atoms with E-state index in [1.165, 1.54) is 23.0 Å². The second kappa shape index (κ2) is 9.02. The van der Waals surface area contributed by atoms with Crippen molar-refractivity contribution in [3.8, 4) is 0 Å². The number of aromatic amines is 1. The second-order valence-electron chi connectivity index (χ2n) is 3.13. The van der Waals surface area contributed by atoms with E-state index >= 15 is 0 Å². The van der Waals surface area contributed by atoms with Crippen LogP contribution < -0.4 is 0 Å². The molecule has 2 aromatic rings. The van der Waals surface area contributed by atoms with Crippen molar-refractivity contribution in [2.24, 2.45) is 0 Å². The zero-order valence-corrected chi connectivity index (χ0v) is 11.3. The van der Waals surface area contributed by atoms with Crippen molar-refractivity contribution in [1.29, 1.82) is 0 Å². The monoisotopic (exact) mass is 219 g/mol. The van der Waals surface area contributed by atoms with Gasteiger partial charge in [0.05, 0.1) is 0 Å². The number of fused-ring (bicyclic) bond motifs is 1. The van der Waals surface area contributed by atoms with Gasteiger partial charge in [0.15, 0.2) is 0 Å². The number of hydrogen-bond acceptors (Lipinski definition) is 0. The van der Waals surface area contributed by atoms with Crippen LogP contribution in [-0.4, -0.2) is 4.98 Å². The van der Waals surface area contributed by atoms with Gasteiger partial charge < -0.3 is 4.98 Å². The molecular formula is C15H25N. The van der Waals surface area contributed by atoms with Crippen molar-refractivity contribution in [2.75, 3.05) is 0 Å². The Morgan fingerprint density at radius 2 is 1.62 bits per heavy atom. The zero-order valence-electron chi connectivity index (χ0n) is 11.3. The van der Waals surface area contributed by atoms with Gasteiger partial charge in [-0.05, 0) is 23.9 Å². The molecule has 0 saturated heterocycles. The highest BCUT2D eigenvalue weighted by Crippen LogP contribution is 2.15. The summed E-state index contributed by atoms with van der Waals surface area (Å²) in [5.41, 5.74) is 2.60. The van der Waals surface area contributed by atoms with Gasteiger partial charge in [-0.3, -0.25) is 0 Å². The molecular weight excluding hydrogens is 194 g/mol. The summed E-state index contributed by atoms with van der Waals surface area (Å²) in [5.74, 6) is 0. The fourth-order valence-corrected chi connectivity index (χ4v) is 1.54. The molecule has 0 spiro atoms. The van der Waals surface area contributed by atoms with Crippen molar-refractivity contribution in [2.45, 2.75) is 47.5 Å². The Hall–Kier alpha value is -1.24. The Morgan fingerprint density at radius 3 is 2.19 bits per heavy atom. The number of rotatable bonds is 2. The number of aromatic nitrogens is 1. The van der Waals surface area contributed by atoms with Gasteiger partial charge >= 0.3 is 0 Å². The molecule has 0 saturated carbocycles. The first-order valence-electron chi connectivity index (χ1n) is 6.47. The summed E-state index contributed by atoms with van der Waals surface area (Å²) in [4.78, 5) is 3.40. The van der Waals surface area contributed by atoms with Gasteiger partial charge in [0, 0.05) is 11.2 Å². The van der Waals surface area contributed by atoms with Crippen molar-refractivity contribution in [3.63, 3.8) is 0 Å². The van der Waals surface area contributed by atoms with E-state index < -0.39 is 0 Å². The number of aryl methyl sites for hydroxylation is 1. The highest BCUT2D eigenvalue weighted by Gasteiger charge is 1.97. The maximum Gasteiger partial charge on any atom is 0.0456 e. The molecule has 0 unspecified atom stereocenters. The average Bonchev–Trinajstić information content (AvgIpc) is 2.77. The lowest BCUT2D eigenvalue weighted by Crippen LogP contribution is -1.79. The first-order valence-corrected chi connectivity index (χ1v) is 6.47. The zero-order chi connectivity index (χ0) is 12.4. The van der Waals surface area contributed by atoms with Crippen molar-refractivity contribution >= 4 is 10.9 Å². The molecule has 0 fully saturated rings. The van der Waals surface area contributed by atoms with Crippen LogP contribution in [0.1, 0.15) is 46.7 Å². The molecule has 1 aromatic carbocycles. The number of para-hydroxylation sites is 1. The highest BCUT2D eigenvalue weighted by molar-refractivity contribution is 5.80. The topological polar surface area (TPSA) is 15.8 Å². The van der Waals surface area contributed by atoms with Crippen LogP contribution in [0.15, 0.2) is 30.3 Å². The third-order valence-electron chi connectivity index (χ3n) is 2.11. The van der Waals surface area contributed by atoms with Gasteiger partial charge in [-0.15, -0.1) is 0 Å². The SMILES string of the molecule is CC.CC.CCCc1cc2ccccc2[nH]1. The summed E-state index contributed by atoms with van der Waals surface area (Å²) in [6, 6.07) is 10.6. The summed E-state index contributed by atoms with van der Waals surface area (Å²) >= 11 is 0. The van der Waals surface area contributed by atoms with Crippen LogP contribution in [0.25, 0.3) is 10.9 Å². The Balaban J connectivity index is 0.000000509. The second-order valence-corrected chi connectivity index (χ2v) is 3.13. The van der Waals surface area contributed by atoms with Gasteiger partial charge in [-0.1, -0.05) is 59.2 Å². The standard InChI is InChI=1S/C11H13N.2C2H6/c1-2-5-10-8-9-6-3-4-7-11(9)12-10;2*1-2/h3-4,6-8,12H,2,5H2,1H3;2*1-2H3. The van der Waals surface area contributed by atoms with Crippen LogP contribution in [0.3, 0.4) is 0 Å². The minimum Gasteiger partial charge on any atom is -0.358 e. The molecule has 0 aliphatic heterocycles. The molecule has 1 heteroatoms. The molecule has 0 bridgehead atoms. The minimum atomic E-state index is 1.15. The van der Waals surface area contributed by atoms with E-state index in [0.717, 1.165) is 6.42 Å². The fourth-order valence-electron chi connectivity index (χ4n) is 1.54. The Morgan fingerprint density at radius 1 is 1.00 bits per heavy atom. The molecule has 16 heavy (non-hydrogen) atoms. The highest BCUT2D eigenvalue weighted by atomic mass is 14.7. The third-order valence-corrected chi connectivity index (χ3v) is 2.11. The molecule has 90 valence electrons. The maximum atomic E-state index is 3.40. The smallest absolute Gasteiger partial charge is 0.0456 e. The molecule has 1 nitrogen and oxygen atoms in total. The molecule has 1 N–H and O–H groups in total. The first-order chi connectivity index (χ1) is 7.90. The van der Waals surface area contributed by atoms with Crippen LogP contribution in [0.2, 0.25) is 0 Å². The summed E-state index contributed by atoms with van der Waals surface area (Å²) in [6.45, 7) is 10.2. The van der Waals surface area contributed by atoms with Gasteiger partial charge in [-0.2, -0.15) is 0 Å². The normalized spacial score (nSPS) is 8.81. The van der Waals surface area contributed by atoms with Gasteiger partial charge in [0.1, 0.15) is 0 Å². The number of hydrogen-bond donors (Lipinski definition) is 1.